The monoisotopic (exact) mass is 304 g/mol. The number of aliphatic hydroxyl groups excluding tert-OH is 4. The molecule has 0 aliphatic carbocycles. The van der Waals surface area contributed by atoms with Crippen molar-refractivity contribution in [1.29, 1.82) is 0 Å². The lowest BCUT2D eigenvalue weighted by Gasteiger charge is -2.29. The summed E-state index contributed by atoms with van der Waals surface area (Å²) in [6.45, 7) is -0.0888. The fraction of sp³-hybridized carbons (Fsp3) is 0.438. The molecule has 3 rings (SSSR count). The summed E-state index contributed by atoms with van der Waals surface area (Å²) >= 11 is 0. The largest absolute Gasteiger partial charge is 0.390 e. The quantitative estimate of drug-likeness (QED) is 0.634. The smallest absolute Gasteiger partial charge is 0.141 e. The summed E-state index contributed by atoms with van der Waals surface area (Å²) in [6.07, 6.45) is -2.16. The van der Waals surface area contributed by atoms with E-state index in [1.807, 2.05) is 30.3 Å². The summed E-state index contributed by atoms with van der Waals surface area (Å²) in [7, 11) is 0. The van der Waals surface area contributed by atoms with E-state index in [4.69, 9.17) is 0 Å². The Kier molecular flexibility index (Phi) is 4.26. The maximum absolute atomic E-state index is 10.0. The second-order valence-corrected chi connectivity index (χ2v) is 5.62. The van der Waals surface area contributed by atoms with Gasteiger partial charge in [0, 0.05) is 0 Å². The average molecular weight is 304 g/mol. The first-order valence-electron chi connectivity index (χ1n) is 7.39. The number of benzene rings is 1. The van der Waals surface area contributed by atoms with E-state index in [1.165, 1.54) is 0 Å². The molecule has 3 atom stereocenters. The van der Waals surface area contributed by atoms with Crippen LogP contribution in [0.15, 0.2) is 30.3 Å². The zero-order valence-electron chi connectivity index (χ0n) is 12.1. The van der Waals surface area contributed by atoms with Gasteiger partial charge in [-0.2, -0.15) is 0 Å². The Bertz CT molecular complexity index is 641. The van der Waals surface area contributed by atoms with E-state index in [1.54, 1.807) is 4.57 Å². The highest BCUT2D eigenvalue weighted by Crippen LogP contribution is 2.28. The van der Waals surface area contributed by atoms with Crippen molar-refractivity contribution in [3.8, 4) is 0 Å². The number of fused-ring (bicyclic) bond motifs is 1. The van der Waals surface area contributed by atoms with Crippen molar-refractivity contribution in [3.63, 3.8) is 0 Å². The molecule has 0 radical (unpaired) electrons. The Hall–Kier alpha value is -1.73. The van der Waals surface area contributed by atoms with E-state index < -0.39 is 18.3 Å². The molecule has 1 aliphatic rings. The van der Waals surface area contributed by atoms with Gasteiger partial charge in [0.05, 0.1) is 24.5 Å². The Morgan fingerprint density at radius 3 is 2.50 bits per heavy atom. The molecule has 4 N–H and O–H groups in total. The molecule has 0 saturated carbocycles. The van der Waals surface area contributed by atoms with Crippen LogP contribution in [0.25, 0.3) is 0 Å². The van der Waals surface area contributed by atoms with Crippen molar-refractivity contribution in [3.05, 3.63) is 53.1 Å². The first-order chi connectivity index (χ1) is 10.6. The fourth-order valence-corrected chi connectivity index (χ4v) is 2.93. The first kappa shape index (κ1) is 15.2. The van der Waals surface area contributed by atoms with Crippen LogP contribution in [0.2, 0.25) is 0 Å². The van der Waals surface area contributed by atoms with Crippen molar-refractivity contribution >= 4 is 0 Å². The van der Waals surface area contributed by atoms with Crippen LogP contribution in [0.5, 0.6) is 0 Å². The number of hydrogen-bond donors (Lipinski definition) is 4. The highest BCUT2D eigenvalue weighted by Gasteiger charge is 2.36. The predicted molar refractivity (Wildman–Crippen MR) is 79.0 cm³/mol. The van der Waals surface area contributed by atoms with E-state index in [0.717, 1.165) is 12.0 Å². The van der Waals surface area contributed by atoms with Crippen LogP contribution in [-0.2, 0) is 26.0 Å². The summed E-state index contributed by atoms with van der Waals surface area (Å²) in [5, 5.41) is 39.2. The maximum atomic E-state index is 10.0. The number of nitrogens with zero attached hydrogens (tertiary/aromatic N) is 2. The third-order valence-electron chi connectivity index (χ3n) is 4.18. The van der Waals surface area contributed by atoms with Gasteiger partial charge in [0.25, 0.3) is 0 Å². The lowest BCUT2D eigenvalue weighted by atomic mass is 10.0. The Morgan fingerprint density at radius 1 is 1.09 bits per heavy atom. The zero-order chi connectivity index (χ0) is 15.7. The second kappa shape index (κ2) is 6.18. The molecule has 1 aromatic carbocycles. The van der Waals surface area contributed by atoms with Crippen molar-refractivity contribution in [1.82, 2.24) is 9.55 Å². The minimum atomic E-state index is -1.25. The Labute approximate surface area is 128 Å². The molecule has 0 bridgehead atoms. The topological polar surface area (TPSA) is 98.7 Å². The van der Waals surface area contributed by atoms with Crippen LogP contribution >= 0.6 is 0 Å². The molecule has 1 aromatic heterocycles. The number of rotatable bonds is 4. The molecular weight excluding hydrogens is 284 g/mol. The van der Waals surface area contributed by atoms with Crippen LogP contribution in [0, 0.1) is 0 Å². The Morgan fingerprint density at radius 2 is 1.82 bits per heavy atom. The number of hydrogen-bond acceptors (Lipinski definition) is 5. The van der Waals surface area contributed by atoms with Gasteiger partial charge < -0.3 is 25.0 Å². The van der Waals surface area contributed by atoms with Crippen LogP contribution in [0.3, 0.4) is 0 Å². The summed E-state index contributed by atoms with van der Waals surface area (Å²) < 4.78 is 1.61. The van der Waals surface area contributed by atoms with Crippen molar-refractivity contribution < 1.29 is 20.4 Å². The van der Waals surface area contributed by atoms with Gasteiger partial charge in [0.2, 0.25) is 0 Å². The molecule has 0 spiro atoms. The highest BCUT2D eigenvalue weighted by molar-refractivity contribution is 5.23. The molecule has 0 saturated heterocycles. The summed E-state index contributed by atoms with van der Waals surface area (Å²) in [4.78, 5) is 4.38. The standard InChI is InChI=1S/C16H20N2O4/c19-9-12-11(7-6-10-4-2-1-3-5-10)17-16-15(22)14(21)13(20)8-18(12)16/h1-5,13-15,19-22H,6-9H2/t13-,14-,15+/m0/s1. The normalized spacial score (nSPS) is 24.3. The van der Waals surface area contributed by atoms with Gasteiger partial charge >= 0.3 is 0 Å². The Balaban J connectivity index is 1.86. The van der Waals surface area contributed by atoms with E-state index in [-0.39, 0.29) is 13.2 Å². The van der Waals surface area contributed by atoms with Gasteiger partial charge in [-0.3, -0.25) is 0 Å². The van der Waals surface area contributed by atoms with Gasteiger partial charge in [0.15, 0.2) is 0 Å². The second-order valence-electron chi connectivity index (χ2n) is 5.62. The molecule has 0 amide bonds. The van der Waals surface area contributed by atoms with E-state index in [2.05, 4.69) is 4.98 Å². The van der Waals surface area contributed by atoms with Gasteiger partial charge in [-0.25, -0.2) is 4.98 Å². The third-order valence-corrected chi connectivity index (χ3v) is 4.18. The molecule has 1 aliphatic heterocycles. The molecule has 2 aromatic rings. The highest BCUT2D eigenvalue weighted by atomic mass is 16.4. The maximum Gasteiger partial charge on any atom is 0.141 e. The van der Waals surface area contributed by atoms with Crippen LogP contribution in [0.4, 0.5) is 0 Å². The van der Waals surface area contributed by atoms with E-state index >= 15 is 0 Å². The molecule has 0 unspecified atom stereocenters. The first-order valence-corrected chi connectivity index (χ1v) is 7.39. The number of aromatic nitrogens is 2. The van der Waals surface area contributed by atoms with Gasteiger partial charge in [0.1, 0.15) is 24.1 Å². The van der Waals surface area contributed by atoms with E-state index in [0.29, 0.717) is 23.6 Å². The number of aryl methyl sites for hydroxylation is 2. The lowest BCUT2D eigenvalue weighted by molar-refractivity contribution is -0.0861. The minimum Gasteiger partial charge on any atom is -0.390 e. The fourth-order valence-electron chi connectivity index (χ4n) is 2.93. The molecule has 118 valence electrons. The molecule has 2 heterocycles. The third kappa shape index (κ3) is 2.66. The van der Waals surface area contributed by atoms with Crippen molar-refractivity contribution in [2.45, 2.75) is 44.3 Å². The van der Waals surface area contributed by atoms with Crippen molar-refractivity contribution in [2.75, 3.05) is 0 Å². The van der Waals surface area contributed by atoms with Gasteiger partial charge in [-0.1, -0.05) is 30.3 Å². The minimum absolute atomic E-state index is 0.127. The van der Waals surface area contributed by atoms with E-state index in [9.17, 15) is 20.4 Å². The number of imidazole rings is 1. The van der Waals surface area contributed by atoms with Crippen LogP contribution < -0.4 is 0 Å². The zero-order valence-corrected chi connectivity index (χ0v) is 12.1. The molecular formula is C16H20N2O4. The molecule has 0 fully saturated rings. The predicted octanol–water partition coefficient (Wildman–Crippen LogP) is -0.0706. The summed E-state index contributed by atoms with van der Waals surface area (Å²) in [6, 6.07) is 9.94. The van der Waals surface area contributed by atoms with Crippen LogP contribution in [-0.4, -0.2) is 42.2 Å². The summed E-state index contributed by atoms with van der Waals surface area (Å²) in [5.41, 5.74) is 2.45. The average Bonchev–Trinajstić information content (AvgIpc) is 2.89. The van der Waals surface area contributed by atoms with Crippen LogP contribution in [0.1, 0.15) is 28.9 Å². The summed E-state index contributed by atoms with van der Waals surface area (Å²) in [5.74, 6) is 0.310. The molecule has 6 heteroatoms. The number of aliphatic hydroxyl groups is 4. The SMILES string of the molecule is OCc1c(CCc2ccccc2)nc2n1C[C@H](O)[C@H](O)[C@H]2O. The molecule has 6 nitrogen and oxygen atoms in total. The van der Waals surface area contributed by atoms with Crippen molar-refractivity contribution in [2.24, 2.45) is 0 Å². The van der Waals surface area contributed by atoms with Gasteiger partial charge in [-0.15, -0.1) is 0 Å². The molecule has 22 heavy (non-hydrogen) atoms. The van der Waals surface area contributed by atoms with Gasteiger partial charge in [-0.05, 0) is 18.4 Å². The lowest BCUT2D eigenvalue weighted by Crippen LogP contribution is -2.41.